The highest BCUT2D eigenvalue weighted by molar-refractivity contribution is 6.08. The fourth-order valence-electron chi connectivity index (χ4n) is 2.96. The van der Waals surface area contributed by atoms with Crippen LogP contribution in [-0.4, -0.2) is 46.8 Å². The van der Waals surface area contributed by atoms with Crippen LogP contribution in [0.15, 0.2) is 48.9 Å². The van der Waals surface area contributed by atoms with E-state index in [9.17, 15) is 0 Å². The van der Waals surface area contributed by atoms with Crippen molar-refractivity contribution in [2.24, 2.45) is 0 Å². The van der Waals surface area contributed by atoms with Crippen molar-refractivity contribution < 1.29 is 0 Å². The van der Waals surface area contributed by atoms with E-state index in [-0.39, 0.29) is 0 Å². The number of imidazole rings is 1. The van der Waals surface area contributed by atoms with Crippen molar-refractivity contribution in [2.45, 2.75) is 6.04 Å². The van der Waals surface area contributed by atoms with E-state index in [0.29, 0.717) is 6.04 Å². The number of nitrogens with one attached hydrogen (secondary N) is 4. The van der Waals surface area contributed by atoms with Gasteiger partial charge in [-0.3, -0.25) is 4.40 Å². The average molecular weight is 347 g/mol. The second-order valence-corrected chi connectivity index (χ2v) is 6.23. The van der Waals surface area contributed by atoms with Crippen molar-refractivity contribution in [1.29, 1.82) is 5.41 Å². The van der Waals surface area contributed by atoms with Gasteiger partial charge in [-0.25, -0.2) is 9.97 Å². The summed E-state index contributed by atoms with van der Waals surface area (Å²) in [6, 6.07) is 10.3. The van der Waals surface area contributed by atoms with E-state index >= 15 is 0 Å². The number of hydrogen-bond donors (Lipinski definition) is 4. The van der Waals surface area contributed by atoms with Gasteiger partial charge < -0.3 is 21.4 Å². The van der Waals surface area contributed by atoms with Crippen LogP contribution in [0.3, 0.4) is 0 Å². The SMILES string of the molecule is CN/C=C(\C=N)c1ccc2ncc(-c3cccc(NC4CNC4)n3)n2c1. The van der Waals surface area contributed by atoms with Gasteiger partial charge in [0.15, 0.2) is 0 Å². The minimum atomic E-state index is 0.438. The first-order valence-corrected chi connectivity index (χ1v) is 8.58. The van der Waals surface area contributed by atoms with Gasteiger partial charge in [0.2, 0.25) is 0 Å². The minimum Gasteiger partial charge on any atom is -0.393 e. The summed E-state index contributed by atoms with van der Waals surface area (Å²) in [6.45, 7) is 1.93. The molecule has 0 spiro atoms. The van der Waals surface area contributed by atoms with Crippen LogP contribution in [0.2, 0.25) is 0 Å². The van der Waals surface area contributed by atoms with Gasteiger partial charge in [-0.2, -0.15) is 0 Å². The second kappa shape index (κ2) is 6.97. The molecule has 7 nitrogen and oxygen atoms in total. The van der Waals surface area contributed by atoms with Gasteiger partial charge >= 0.3 is 0 Å². The molecule has 0 saturated carbocycles. The van der Waals surface area contributed by atoms with Gasteiger partial charge in [-0.05, 0) is 24.3 Å². The first-order valence-electron chi connectivity index (χ1n) is 8.58. The smallest absolute Gasteiger partial charge is 0.137 e. The first kappa shape index (κ1) is 16.3. The molecule has 0 aliphatic carbocycles. The van der Waals surface area contributed by atoms with Crippen LogP contribution >= 0.6 is 0 Å². The van der Waals surface area contributed by atoms with Crippen molar-refractivity contribution in [3.05, 3.63) is 54.5 Å². The van der Waals surface area contributed by atoms with Crippen LogP contribution < -0.4 is 16.0 Å². The average Bonchev–Trinajstić information content (AvgIpc) is 3.06. The number of nitrogens with zero attached hydrogens (tertiary/aromatic N) is 3. The maximum Gasteiger partial charge on any atom is 0.137 e. The Bertz CT molecular complexity index is 969. The highest BCUT2D eigenvalue weighted by Crippen LogP contribution is 2.23. The third-order valence-electron chi connectivity index (χ3n) is 4.44. The molecule has 4 N–H and O–H groups in total. The molecule has 132 valence electrons. The summed E-state index contributed by atoms with van der Waals surface area (Å²) in [7, 11) is 1.82. The number of rotatable bonds is 6. The molecule has 1 saturated heterocycles. The maximum absolute atomic E-state index is 7.62. The molecule has 0 radical (unpaired) electrons. The predicted molar refractivity (Wildman–Crippen MR) is 105 cm³/mol. The molecule has 3 aromatic rings. The summed E-state index contributed by atoms with van der Waals surface area (Å²) in [4.78, 5) is 9.23. The summed E-state index contributed by atoms with van der Waals surface area (Å²) in [5.74, 6) is 0.871. The molecule has 7 heteroatoms. The lowest BCUT2D eigenvalue weighted by Crippen LogP contribution is -2.51. The first-order chi connectivity index (χ1) is 12.8. The van der Waals surface area contributed by atoms with Crippen molar-refractivity contribution >= 4 is 23.3 Å². The zero-order valence-electron chi connectivity index (χ0n) is 14.5. The number of anilines is 1. The number of pyridine rings is 2. The molecule has 0 bridgehead atoms. The van der Waals surface area contributed by atoms with E-state index in [0.717, 1.165) is 47.1 Å². The fraction of sp³-hybridized carbons (Fsp3) is 0.211. The van der Waals surface area contributed by atoms with Crippen LogP contribution in [-0.2, 0) is 0 Å². The van der Waals surface area contributed by atoms with E-state index in [1.807, 2.05) is 54.2 Å². The Hall–Kier alpha value is -3.19. The molecule has 0 unspecified atom stereocenters. The Morgan fingerprint density at radius 3 is 2.92 bits per heavy atom. The molecule has 0 amide bonds. The van der Waals surface area contributed by atoms with Crippen LogP contribution in [0.5, 0.6) is 0 Å². The highest BCUT2D eigenvalue weighted by atomic mass is 15.1. The van der Waals surface area contributed by atoms with Gasteiger partial charge in [-0.1, -0.05) is 6.07 Å². The molecule has 4 rings (SSSR count). The summed E-state index contributed by atoms with van der Waals surface area (Å²) < 4.78 is 2.01. The Kier molecular flexibility index (Phi) is 4.37. The molecule has 1 fully saturated rings. The van der Waals surface area contributed by atoms with E-state index in [2.05, 4.69) is 20.9 Å². The summed E-state index contributed by atoms with van der Waals surface area (Å²) in [6.07, 6.45) is 6.97. The lowest BCUT2D eigenvalue weighted by atomic mass is 10.1. The Labute approximate surface area is 151 Å². The van der Waals surface area contributed by atoms with Gasteiger partial charge in [0.25, 0.3) is 0 Å². The Balaban J connectivity index is 1.73. The van der Waals surface area contributed by atoms with Crippen molar-refractivity contribution in [3.8, 4) is 11.4 Å². The summed E-state index contributed by atoms with van der Waals surface area (Å²) >= 11 is 0. The molecular formula is C19H21N7. The summed E-state index contributed by atoms with van der Waals surface area (Å²) in [5, 5.41) is 17.3. The molecule has 3 aromatic heterocycles. The zero-order valence-corrected chi connectivity index (χ0v) is 14.5. The molecule has 4 heterocycles. The van der Waals surface area contributed by atoms with E-state index < -0.39 is 0 Å². The highest BCUT2D eigenvalue weighted by Gasteiger charge is 2.17. The standard InChI is InChI=1S/C19H21N7/c1-21-8-14(7-20)13-5-6-19-23-11-17(26(19)12-13)16-3-2-4-18(25-16)24-15-9-22-10-15/h2-8,11-12,15,20-22H,9-10H2,1H3,(H,24,25)/b14-8+,20-7?. The Morgan fingerprint density at radius 2 is 2.19 bits per heavy atom. The summed E-state index contributed by atoms with van der Waals surface area (Å²) in [5.41, 5.74) is 4.37. The van der Waals surface area contributed by atoms with Crippen LogP contribution in [0.25, 0.3) is 22.6 Å². The number of hydrogen-bond acceptors (Lipinski definition) is 6. The molecule has 1 aliphatic rings. The van der Waals surface area contributed by atoms with E-state index in [1.165, 1.54) is 6.21 Å². The van der Waals surface area contributed by atoms with Crippen LogP contribution in [0.1, 0.15) is 5.56 Å². The predicted octanol–water partition coefficient (Wildman–Crippen LogP) is 1.99. The monoisotopic (exact) mass is 347 g/mol. The van der Waals surface area contributed by atoms with Crippen LogP contribution in [0.4, 0.5) is 5.82 Å². The van der Waals surface area contributed by atoms with Crippen LogP contribution in [0, 0.1) is 5.41 Å². The molecule has 1 aliphatic heterocycles. The van der Waals surface area contributed by atoms with E-state index in [4.69, 9.17) is 10.4 Å². The minimum absolute atomic E-state index is 0.438. The second-order valence-electron chi connectivity index (χ2n) is 6.23. The fourth-order valence-corrected chi connectivity index (χ4v) is 2.96. The number of allylic oxidation sites excluding steroid dienone is 1. The molecule has 26 heavy (non-hydrogen) atoms. The topological polar surface area (TPSA) is 90.1 Å². The number of aromatic nitrogens is 3. The molecule has 0 aromatic carbocycles. The third-order valence-corrected chi connectivity index (χ3v) is 4.44. The zero-order chi connectivity index (χ0) is 17.9. The van der Waals surface area contributed by atoms with Gasteiger partial charge in [0.05, 0.1) is 23.6 Å². The molecular weight excluding hydrogens is 326 g/mol. The third kappa shape index (κ3) is 3.04. The van der Waals surface area contributed by atoms with Gasteiger partial charge in [-0.15, -0.1) is 0 Å². The normalized spacial score (nSPS) is 14.9. The quantitative estimate of drug-likeness (QED) is 0.512. The lowest BCUT2D eigenvalue weighted by Gasteiger charge is -2.28. The maximum atomic E-state index is 7.62. The number of fused-ring (bicyclic) bond motifs is 1. The van der Waals surface area contributed by atoms with Crippen molar-refractivity contribution in [2.75, 3.05) is 25.5 Å². The Morgan fingerprint density at radius 1 is 1.31 bits per heavy atom. The lowest BCUT2D eigenvalue weighted by molar-refractivity contribution is 0.471. The van der Waals surface area contributed by atoms with Crippen molar-refractivity contribution in [3.63, 3.8) is 0 Å². The van der Waals surface area contributed by atoms with E-state index in [1.54, 1.807) is 6.20 Å². The van der Waals surface area contributed by atoms with Gasteiger partial charge in [0, 0.05) is 49.9 Å². The largest absolute Gasteiger partial charge is 0.393 e. The van der Waals surface area contributed by atoms with Crippen molar-refractivity contribution in [1.82, 2.24) is 25.0 Å². The van der Waals surface area contributed by atoms with Gasteiger partial charge in [0.1, 0.15) is 11.5 Å². The molecule has 0 atom stereocenters.